The largest absolute Gasteiger partial charge is 0.326 e. The molecule has 2 rings (SSSR count). The average Bonchev–Trinajstić information content (AvgIpc) is 2.42. The number of aryl methyl sites for hydroxylation is 1. The van der Waals surface area contributed by atoms with E-state index >= 15 is 0 Å². The molecule has 0 unspecified atom stereocenters. The van der Waals surface area contributed by atoms with Gasteiger partial charge in [-0.3, -0.25) is 9.59 Å². The first-order valence-corrected chi connectivity index (χ1v) is 7.38. The van der Waals surface area contributed by atoms with Crippen molar-refractivity contribution in [3.05, 3.63) is 23.8 Å². The van der Waals surface area contributed by atoms with Gasteiger partial charge in [-0.25, -0.2) is 0 Å². The van der Waals surface area contributed by atoms with E-state index in [-0.39, 0.29) is 17.7 Å². The van der Waals surface area contributed by atoms with Crippen LogP contribution in [-0.2, 0) is 9.59 Å². The number of anilines is 2. The molecule has 0 saturated carbocycles. The quantitative estimate of drug-likeness (QED) is 0.799. The molecule has 0 aromatic heterocycles. The fourth-order valence-corrected chi connectivity index (χ4v) is 2.64. The van der Waals surface area contributed by atoms with Crippen molar-refractivity contribution in [2.75, 3.05) is 17.2 Å². The number of rotatable bonds is 3. The van der Waals surface area contributed by atoms with Gasteiger partial charge in [-0.1, -0.05) is 6.07 Å². The Bertz CT molecular complexity index is 542. The molecule has 0 aliphatic carbocycles. The second kappa shape index (κ2) is 6.72. The molecule has 1 saturated heterocycles. The molecule has 1 aromatic carbocycles. The highest BCUT2D eigenvalue weighted by Crippen LogP contribution is 2.23. The lowest BCUT2D eigenvalue weighted by atomic mass is 9.92. The highest BCUT2D eigenvalue weighted by Gasteiger charge is 2.24. The van der Waals surface area contributed by atoms with Gasteiger partial charge in [-0.15, -0.1) is 0 Å². The van der Waals surface area contributed by atoms with E-state index in [2.05, 4.69) is 22.9 Å². The van der Waals surface area contributed by atoms with E-state index in [1.54, 1.807) is 6.07 Å². The fraction of sp³-hybridized carbons (Fsp3) is 0.500. The maximum Gasteiger partial charge on any atom is 0.227 e. The van der Waals surface area contributed by atoms with Crippen LogP contribution in [0.4, 0.5) is 11.4 Å². The number of benzene rings is 1. The number of hydrogen-bond acceptors (Lipinski definition) is 3. The van der Waals surface area contributed by atoms with Crippen molar-refractivity contribution >= 4 is 23.2 Å². The third-order valence-electron chi connectivity index (χ3n) is 3.81. The molecule has 0 radical (unpaired) electrons. The van der Waals surface area contributed by atoms with Crippen LogP contribution in [0.5, 0.6) is 0 Å². The van der Waals surface area contributed by atoms with Crippen molar-refractivity contribution < 1.29 is 9.59 Å². The Morgan fingerprint density at radius 2 is 2.05 bits per heavy atom. The molecule has 1 aliphatic rings. The van der Waals surface area contributed by atoms with E-state index in [1.165, 1.54) is 6.92 Å². The minimum absolute atomic E-state index is 0.0479. The summed E-state index contributed by atoms with van der Waals surface area (Å²) in [7, 11) is 0. The Morgan fingerprint density at radius 3 is 2.71 bits per heavy atom. The van der Waals surface area contributed by atoms with Crippen LogP contribution < -0.4 is 16.0 Å². The van der Waals surface area contributed by atoms with E-state index in [0.717, 1.165) is 36.3 Å². The van der Waals surface area contributed by atoms with Gasteiger partial charge in [0.15, 0.2) is 0 Å². The van der Waals surface area contributed by atoms with Crippen LogP contribution in [0.1, 0.15) is 32.3 Å². The lowest BCUT2D eigenvalue weighted by molar-refractivity contribution is -0.120. The molecule has 3 N–H and O–H groups in total. The van der Waals surface area contributed by atoms with Gasteiger partial charge in [-0.05, 0) is 50.9 Å². The molecular weight excluding hydrogens is 266 g/mol. The zero-order valence-electron chi connectivity index (χ0n) is 12.8. The smallest absolute Gasteiger partial charge is 0.227 e. The van der Waals surface area contributed by atoms with Gasteiger partial charge in [0, 0.05) is 30.3 Å². The summed E-state index contributed by atoms with van der Waals surface area (Å²) in [6.07, 6.45) is 1.72. The summed E-state index contributed by atoms with van der Waals surface area (Å²) in [4.78, 5) is 23.5. The van der Waals surface area contributed by atoms with Crippen molar-refractivity contribution in [2.24, 2.45) is 5.92 Å². The van der Waals surface area contributed by atoms with Crippen LogP contribution in [0.25, 0.3) is 0 Å². The van der Waals surface area contributed by atoms with Crippen LogP contribution in [0.3, 0.4) is 0 Å². The minimum Gasteiger partial charge on any atom is -0.326 e. The topological polar surface area (TPSA) is 70.2 Å². The van der Waals surface area contributed by atoms with Gasteiger partial charge < -0.3 is 16.0 Å². The highest BCUT2D eigenvalue weighted by molar-refractivity contribution is 5.95. The Labute approximate surface area is 125 Å². The molecular formula is C16H23N3O2. The normalized spacial score (nSPS) is 21.7. The summed E-state index contributed by atoms with van der Waals surface area (Å²) >= 11 is 0. The zero-order valence-corrected chi connectivity index (χ0v) is 12.8. The van der Waals surface area contributed by atoms with Gasteiger partial charge in [0.1, 0.15) is 0 Å². The molecule has 21 heavy (non-hydrogen) atoms. The lowest BCUT2D eigenvalue weighted by Crippen LogP contribution is -2.40. The highest BCUT2D eigenvalue weighted by atomic mass is 16.2. The summed E-state index contributed by atoms with van der Waals surface area (Å²) in [5.74, 6) is -0.0125. The van der Waals surface area contributed by atoms with E-state index < -0.39 is 0 Å². The van der Waals surface area contributed by atoms with Gasteiger partial charge in [0.2, 0.25) is 11.8 Å². The Morgan fingerprint density at radius 1 is 1.29 bits per heavy atom. The van der Waals surface area contributed by atoms with Crippen LogP contribution in [-0.4, -0.2) is 24.4 Å². The van der Waals surface area contributed by atoms with Gasteiger partial charge >= 0.3 is 0 Å². The molecule has 1 aromatic rings. The summed E-state index contributed by atoms with van der Waals surface area (Å²) in [6.45, 7) is 6.37. The second-order valence-corrected chi connectivity index (χ2v) is 5.78. The SMILES string of the molecule is CC(=O)Nc1cc(NC(=O)[C@H]2CCN[C@@H](C)C2)ccc1C. The van der Waals surface area contributed by atoms with E-state index in [1.807, 2.05) is 19.1 Å². The molecule has 1 aliphatic heterocycles. The first-order chi connectivity index (χ1) is 9.95. The summed E-state index contributed by atoms with van der Waals surface area (Å²) in [5.41, 5.74) is 2.43. The van der Waals surface area contributed by atoms with Crippen LogP contribution in [0, 0.1) is 12.8 Å². The maximum absolute atomic E-state index is 12.3. The van der Waals surface area contributed by atoms with E-state index in [9.17, 15) is 9.59 Å². The molecule has 5 heteroatoms. The zero-order chi connectivity index (χ0) is 15.4. The molecule has 0 spiro atoms. The van der Waals surface area contributed by atoms with E-state index in [4.69, 9.17) is 0 Å². The van der Waals surface area contributed by atoms with Gasteiger partial charge in [-0.2, -0.15) is 0 Å². The second-order valence-electron chi connectivity index (χ2n) is 5.78. The van der Waals surface area contributed by atoms with E-state index in [0.29, 0.717) is 6.04 Å². The Kier molecular flexibility index (Phi) is 4.96. The van der Waals surface area contributed by atoms with Crippen LogP contribution >= 0.6 is 0 Å². The number of hydrogen-bond donors (Lipinski definition) is 3. The standard InChI is InChI=1S/C16H23N3O2/c1-10-4-5-14(9-15(10)18-12(3)20)19-16(21)13-6-7-17-11(2)8-13/h4-5,9,11,13,17H,6-8H2,1-3H3,(H,18,20)(H,19,21)/t11-,13-/m0/s1. The molecule has 1 heterocycles. The predicted molar refractivity (Wildman–Crippen MR) is 84.3 cm³/mol. The molecule has 0 bridgehead atoms. The lowest BCUT2D eigenvalue weighted by Gasteiger charge is -2.27. The monoisotopic (exact) mass is 289 g/mol. The maximum atomic E-state index is 12.3. The predicted octanol–water partition coefficient (Wildman–Crippen LogP) is 2.28. The Hall–Kier alpha value is -1.88. The first kappa shape index (κ1) is 15.5. The number of amides is 2. The average molecular weight is 289 g/mol. The van der Waals surface area contributed by atoms with Crippen molar-refractivity contribution in [1.82, 2.24) is 5.32 Å². The summed E-state index contributed by atoms with van der Waals surface area (Å²) in [6, 6.07) is 5.94. The third-order valence-corrected chi connectivity index (χ3v) is 3.81. The minimum atomic E-state index is -0.117. The van der Waals surface area contributed by atoms with Crippen molar-refractivity contribution in [2.45, 2.75) is 39.7 Å². The fourth-order valence-electron chi connectivity index (χ4n) is 2.64. The molecule has 114 valence electrons. The molecule has 5 nitrogen and oxygen atoms in total. The van der Waals surface area contributed by atoms with Crippen molar-refractivity contribution in [3.63, 3.8) is 0 Å². The molecule has 1 fully saturated rings. The third kappa shape index (κ3) is 4.29. The first-order valence-electron chi connectivity index (χ1n) is 7.38. The molecule has 2 amide bonds. The van der Waals surface area contributed by atoms with Crippen molar-refractivity contribution in [1.29, 1.82) is 0 Å². The summed E-state index contributed by atoms with van der Waals surface area (Å²) in [5, 5.41) is 9.07. The number of nitrogens with one attached hydrogen (secondary N) is 3. The number of carbonyl (C=O) groups is 2. The van der Waals surface area contributed by atoms with Crippen LogP contribution in [0.15, 0.2) is 18.2 Å². The van der Waals surface area contributed by atoms with Gasteiger partial charge in [0.25, 0.3) is 0 Å². The van der Waals surface area contributed by atoms with Gasteiger partial charge in [0.05, 0.1) is 0 Å². The summed E-state index contributed by atoms with van der Waals surface area (Å²) < 4.78 is 0. The number of piperidine rings is 1. The number of carbonyl (C=O) groups excluding carboxylic acids is 2. The molecule has 2 atom stereocenters. The Balaban J connectivity index is 2.05. The van der Waals surface area contributed by atoms with Crippen LogP contribution in [0.2, 0.25) is 0 Å². The van der Waals surface area contributed by atoms with Crippen molar-refractivity contribution in [3.8, 4) is 0 Å².